The summed E-state index contributed by atoms with van der Waals surface area (Å²) >= 11 is 0. The van der Waals surface area contributed by atoms with Gasteiger partial charge in [0.15, 0.2) is 0 Å². The van der Waals surface area contributed by atoms with Crippen LogP contribution < -0.4 is 0 Å². The van der Waals surface area contributed by atoms with E-state index in [1.807, 2.05) is 0 Å². The Morgan fingerprint density at radius 1 is 0.255 bits per heavy atom. The quantitative estimate of drug-likeness (QED) is 0.174. The van der Waals surface area contributed by atoms with Crippen LogP contribution >= 0.6 is 0 Å². The van der Waals surface area contributed by atoms with Gasteiger partial charge in [-0.15, -0.1) is 0 Å². The largest absolute Gasteiger partial charge is 0.0623 e. The first-order valence-electron chi connectivity index (χ1n) is 19.7. The number of rotatable bonds is 14. The molecule has 0 aromatic rings. The fourth-order valence-electron chi connectivity index (χ4n) is 10.4. The Kier molecular flexibility index (Phi) is 12.0. The second-order valence-electron chi connectivity index (χ2n) is 25.3. The van der Waals surface area contributed by atoms with E-state index in [9.17, 15) is 0 Å². The summed E-state index contributed by atoms with van der Waals surface area (Å²) in [4.78, 5) is 0. The minimum absolute atomic E-state index is 0.00112. The van der Waals surface area contributed by atoms with Crippen molar-refractivity contribution in [3.63, 3.8) is 0 Å². The summed E-state index contributed by atoms with van der Waals surface area (Å²) in [5, 5.41) is 0. The molecular weight excluding hydrogens is 565 g/mol. The van der Waals surface area contributed by atoms with Gasteiger partial charge in [0.25, 0.3) is 0 Å². The second kappa shape index (κ2) is 12.0. The lowest BCUT2D eigenvalue weighted by molar-refractivity contribution is -0.250. The van der Waals surface area contributed by atoms with Crippen molar-refractivity contribution in [2.24, 2.45) is 81.7 Å². The van der Waals surface area contributed by atoms with Crippen LogP contribution in [-0.4, -0.2) is 0 Å². The van der Waals surface area contributed by atoms with Crippen molar-refractivity contribution in [2.75, 3.05) is 0 Å². The smallest absolute Gasteiger partial charge is 0.0241 e. The van der Waals surface area contributed by atoms with E-state index >= 15 is 0 Å². The van der Waals surface area contributed by atoms with E-state index in [4.69, 9.17) is 0 Å². The van der Waals surface area contributed by atoms with E-state index < -0.39 is 0 Å². The molecule has 0 saturated heterocycles. The average molecular weight is 661 g/mol. The highest BCUT2D eigenvalue weighted by molar-refractivity contribution is 5.18. The van der Waals surface area contributed by atoms with E-state index in [1.54, 1.807) is 0 Å². The highest BCUT2D eigenvalue weighted by atomic mass is 14.7. The van der Waals surface area contributed by atoms with Crippen LogP contribution in [0.5, 0.6) is 0 Å². The predicted molar refractivity (Wildman–Crippen MR) is 218 cm³/mol. The fourth-order valence-corrected chi connectivity index (χ4v) is 10.4. The topological polar surface area (TPSA) is 0 Å². The normalized spacial score (nSPS) is 17.1. The van der Waals surface area contributed by atoms with Gasteiger partial charge in [-0.05, 0) is 88.1 Å². The van der Waals surface area contributed by atoms with Crippen LogP contribution in [0.15, 0.2) is 0 Å². The van der Waals surface area contributed by atoms with Gasteiger partial charge in [-0.2, -0.15) is 0 Å². The average Bonchev–Trinajstić information content (AvgIpc) is 2.81. The van der Waals surface area contributed by atoms with Gasteiger partial charge in [-0.1, -0.05) is 215 Å². The Balaban J connectivity index is 7.46. The second-order valence-corrected chi connectivity index (χ2v) is 25.3. The minimum atomic E-state index is -0.00126. The van der Waals surface area contributed by atoms with Crippen LogP contribution in [0.1, 0.15) is 221 Å². The molecule has 0 spiro atoms. The molecule has 0 aliphatic carbocycles. The molecule has 47 heavy (non-hydrogen) atoms. The van der Waals surface area contributed by atoms with Gasteiger partial charge in [0.05, 0.1) is 0 Å². The van der Waals surface area contributed by atoms with Crippen LogP contribution in [0.2, 0.25) is 0 Å². The van der Waals surface area contributed by atoms with Gasteiger partial charge < -0.3 is 0 Å². The lowest BCUT2D eigenvalue weighted by Crippen LogP contribution is -2.67. The van der Waals surface area contributed by atoms with Crippen LogP contribution in [0.3, 0.4) is 0 Å². The summed E-state index contributed by atoms with van der Waals surface area (Å²) in [5.41, 5.74) is 1.07. The van der Waals surface area contributed by atoms with E-state index in [0.717, 1.165) is 0 Å². The lowest BCUT2D eigenvalue weighted by atomic mass is 9.31. The van der Waals surface area contributed by atoms with Gasteiger partial charge in [0, 0.05) is 0 Å². The summed E-state index contributed by atoms with van der Waals surface area (Å²) in [6.07, 6.45) is 1.22. The maximum absolute atomic E-state index is 2.62. The van der Waals surface area contributed by atoms with Crippen molar-refractivity contribution in [1.82, 2.24) is 0 Å². The molecule has 0 aliphatic rings. The summed E-state index contributed by atoms with van der Waals surface area (Å²) in [6.45, 7) is 79.4. The Morgan fingerprint density at radius 3 is 0.596 bits per heavy atom. The van der Waals surface area contributed by atoms with E-state index in [1.165, 1.54) is 6.42 Å². The summed E-state index contributed by atoms with van der Waals surface area (Å²) < 4.78 is 0. The van der Waals surface area contributed by atoms with Crippen LogP contribution in [0.25, 0.3) is 0 Å². The molecule has 0 fully saturated rings. The van der Waals surface area contributed by atoms with Crippen molar-refractivity contribution in [2.45, 2.75) is 221 Å². The number of hydrogen-bond acceptors (Lipinski definition) is 0. The molecule has 0 nitrogen and oxygen atoms in total. The zero-order valence-electron chi connectivity index (χ0n) is 39.3. The third-order valence-corrected chi connectivity index (χ3v) is 21.7. The lowest BCUT2D eigenvalue weighted by Gasteiger charge is -2.73. The molecule has 0 saturated carbocycles. The third kappa shape index (κ3) is 6.18. The Hall–Kier alpha value is 0. The highest BCUT2D eigenvalue weighted by Gasteiger charge is 2.70. The van der Waals surface area contributed by atoms with Gasteiger partial charge in [0.2, 0.25) is 0 Å². The van der Waals surface area contributed by atoms with Crippen molar-refractivity contribution in [3.05, 3.63) is 0 Å². The molecule has 0 bridgehead atoms. The van der Waals surface area contributed by atoms with Crippen molar-refractivity contribution >= 4 is 0 Å². The Morgan fingerprint density at radius 2 is 0.426 bits per heavy atom. The zero-order valence-corrected chi connectivity index (χ0v) is 39.3. The molecule has 0 heterocycles. The summed E-state index contributed by atoms with van der Waals surface area (Å²) in [5.74, 6) is 0.652. The summed E-state index contributed by atoms with van der Waals surface area (Å²) in [6, 6.07) is 0. The van der Waals surface area contributed by atoms with Gasteiger partial charge in [-0.3, -0.25) is 0 Å². The molecule has 0 atom stereocenters. The summed E-state index contributed by atoms with van der Waals surface area (Å²) in [7, 11) is 0. The molecule has 0 unspecified atom stereocenters. The first-order chi connectivity index (χ1) is 19.7. The maximum atomic E-state index is 2.62. The Labute approximate surface area is 302 Å². The molecule has 0 radical (unpaired) electrons. The van der Waals surface area contributed by atoms with Crippen LogP contribution in [-0.2, 0) is 0 Å². The van der Waals surface area contributed by atoms with Crippen LogP contribution in [0, 0.1) is 81.7 Å². The fraction of sp³-hybridized carbons (Fsp3) is 1.00. The zero-order chi connectivity index (χ0) is 39.3. The minimum Gasteiger partial charge on any atom is -0.0623 e. The monoisotopic (exact) mass is 661 g/mol. The predicted octanol–water partition coefficient (Wildman–Crippen LogP) is 16.4. The van der Waals surface area contributed by atoms with Crippen LogP contribution in [0.4, 0.5) is 0 Å². The van der Waals surface area contributed by atoms with E-state index in [-0.39, 0.29) is 75.8 Å². The standard InChI is InChI=1S/C47H96/c1-33(2)35(6,7)32-36(8,9)38(12,13)40(16,17)42(20,21)44(24,25)46(28,29)47(30,31)45(26,27)43(22,23)41(18,19)39(14,15)37(10,11)34(3,4)5/h33H,32H2,1-31H3. The highest BCUT2D eigenvalue weighted by Crippen LogP contribution is 2.76. The SMILES string of the molecule is CC(C)C(C)(C)CC(C)(C)C(C)(C)C(C)(C)C(C)(C)C(C)(C)C(C)(C)C(C)(C)C(C)(C)C(C)(C)C(C)(C)C(C)(C)C(C)(C)C(C)(C)C. The van der Waals surface area contributed by atoms with Gasteiger partial charge in [0.1, 0.15) is 0 Å². The molecule has 0 aromatic heterocycles. The van der Waals surface area contributed by atoms with Crippen molar-refractivity contribution < 1.29 is 0 Å². The van der Waals surface area contributed by atoms with E-state index in [0.29, 0.717) is 5.92 Å². The first kappa shape index (κ1) is 47.0. The number of hydrogen-bond donors (Lipinski definition) is 0. The molecule has 0 N–H and O–H groups in total. The molecule has 0 aromatic carbocycles. The van der Waals surface area contributed by atoms with Crippen molar-refractivity contribution in [1.29, 1.82) is 0 Å². The molecule has 284 valence electrons. The molecule has 0 heteroatoms. The maximum Gasteiger partial charge on any atom is -0.0241 e. The van der Waals surface area contributed by atoms with Crippen molar-refractivity contribution in [3.8, 4) is 0 Å². The van der Waals surface area contributed by atoms with Gasteiger partial charge >= 0.3 is 0 Å². The molecular formula is C47H96. The molecule has 0 aliphatic heterocycles. The van der Waals surface area contributed by atoms with E-state index in [2.05, 4.69) is 215 Å². The first-order valence-corrected chi connectivity index (χ1v) is 19.7. The van der Waals surface area contributed by atoms with Gasteiger partial charge in [-0.25, -0.2) is 0 Å². The third-order valence-electron chi connectivity index (χ3n) is 21.7. The molecule has 0 rings (SSSR count). The molecule has 0 amide bonds. The Bertz CT molecular complexity index is 1070.